The molecule has 0 aliphatic carbocycles. The Balaban J connectivity index is 1.92. The molecule has 136 valence electrons. The van der Waals surface area contributed by atoms with Gasteiger partial charge in [0.05, 0.1) is 7.11 Å². The molecule has 1 aromatic heterocycles. The zero-order valence-electron chi connectivity index (χ0n) is 14.9. The summed E-state index contributed by atoms with van der Waals surface area (Å²) < 4.78 is 9.80. The molecule has 0 spiro atoms. The van der Waals surface area contributed by atoms with Crippen LogP contribution in [0.1, 0.15) is 18.1 Å². The van der Waals surface area contributed by atoms with E-state index in [0.717, 1.165) is 11.1 Å². The van der Waals surface area contributed by atoms with Gasteiger partial charge in [0.1, 0.15) is 5.75 Å². The molecule has 0 aliphatic rings. The molecule has 0 saturated carbocycles. The van der Waals surface area contributed by atoms with Gasteiger partial charge in [0, 0.05) is 31.6 Å². The van der Waals surface area contributed by atoms with Crippen LogP contribution in [0, 0.1) is 0 Å². The molecule has 0 bridgehead atoms. The lowest BCUT2D eigenvalue weighted by Crippen LogP contribution is -2.28. The van der Waals surface area contributed by atoms with Gasteiger partial charge in [-0.3, -0.25) is 9.78 Å². The second kappa shape index (κ2) is 9.98. The molecule has 0 N–H and O–H groups in total. The van der Waals surface area contributed by atoms with Crippen molar-refractivity contribution in [1.29, 1.82) is 0 Å². The van der Waals surface area contributed by atoms with Gasteiger partial charge >= 0.3 is 5.97 Å². The van der Waals surface area contributed by atoms with Crippen LogP contribution in [0.15, 0.2) is 54.9 Å². The van der Waals surface area contributed by atoms with Crippen molar-refractivity contribution in [1.82, 2.24) is 9.88 Å². The van der Waals surface area contributed by atoms with Crippen molar-refractivity contribution in [3.8, 4) is 5.75 Å². The van der Waals surface area contributed by atoms with Gasteiger partial charge in [-0.15, -0.1) is 0 Å². The normalized spacial score (nSPS) is 10.5. The number of benzene rings is 1. The van der Waals surface area contributed by atoms with Gasteiger partial charge < -0.3 is 14.4 Å². The summed E-state index contributed by atoms with van der Waals surface area (Å²) in [6.07, 6.45) is 6.76. The number of hydrogen-bond acceptors (Lipinski definition) is 5. The van der Waals surface area contributed by atoms with Crippen molar-refractivity contribution in [3.05, 3.63) is 66.0 Å². The Bertz CT molecular complexity index is 742. The molecule has 6 nitrogen and oxygen atoms in total. The number of likely N-dealkylation sites (N-methyl/N-ethyl adjacent to an activating group) is 1. The summed E-state index contributed by atoms with van der Waals surface area (Å²) in [5.74, 6) is 0.0563. The third-order valence-corrected chi connectivity index (χ3v) is 3.67. The number of nitrogens with zero attached hydrogens (tertiary/aromatic N) is 2. The molecule has 0 radical (unpaired) electrons. The highest BCUT2D eigenvalue weighted by Crippen LogP contribution is 2.13. The molecular formula is C20H22N2O4. The maximum Gasteiger partial charge on any atom is 0.343 e. The lowest BCUT2D eigenvalue weighted by molar-refractivity contribution is -0.142. The number of esters is 1. The van der Waals surface area contributed by atoms with Crippen molar-refractivity contribution in [3.63, 3.8) is 0 Å². The maximum absolute atomic E-state index is 12.4. The molecule has 1 heterocycles. The minimum atomic E-state index is -0.437. The number of hydrogen-bond donors (Lipinski definition) is 0. The van der Waals surface area contributed by atoms with Crippen LogP contribution in [0.5, 0.6) is 5.75 Å². The number of pyridine rings is 1. The summed E-state index contributed by atoms with van der Waals surface area (Å²) in [7, 11) is 1.31. The number of carbonyl (C=O) groups is 2. The number of aromatic nitrogens is 1. The van der Waals surface area contributed by atoms with Gasteiger partial charge in [0.15, 0.2) is 6.61 Å². The Morgan fingerprint density at radius 1 is 1.19 bits per heavy atom. The van der Waals surface area contributed by atoms with E-state index in [-0.39, 0.29) is 12.5 Å². The fraction of sp³-hybridized carbons (Fsp3) is 0.250. The van der Waals surface area contributed by atoms with E-state index in [1.54, 1.807) is 41.6 Å². The molecule has 2 aromatic rings. The molecule has 0 unspecified atom stereocenters. The van der Waals surface area contributed by atoms with Crippen LogP contribution in [0.3, 0.4) is 0 Å². The fourth-order valence-corrected chi connectivity index (χ4v) is 2.21. The highest BCUT2D eigenvalue weighted by Gasteiger charge is 2.09. The first-order valence-corrected chi connectivity index (χ1v) is 8.28. The maximum atomic E-state index is 12.4. The quantitative estimate of drug-likeness (QED) is 0.538. The van der Waals surface area contributed by atoms with Gasteiger partial charge in [-0.05, 0) is 42.3 Å². The van der Waals surface area contributed by atoms with Crippen LogP contribution in [0.4, 0.5) is 0 Å². The van der Waals surface area contributed by atoms with E-state index in [0.29, 0.717) is 18.8 Å². The molecule has 1 amide bonds. The molecule has 6 heteroatoms. The number of carbonyl (C=O) groups excluding carboxylic acids is 2. The largest absolute Gasteiger partial charge is 0.482 e. The zero-order valence-corrected chi connectivity index (χ0v) is 14.9. The minimum Gasteiger partial charge on any atom is -0.482 e. The Kier molecular flexibility index (Phi) is 7.36. The van der Waals surface area contributed by atoms with E-state index in [4.69, 9.17) is 4.74 Å². The average Bonchev–Trinajstić information content (AvgIpc) is 2.69. The van der Waals surface area contributed by atoms with Crippen LogP contribution >= 0.6 is 0 Å². The summed E-state index contributed by atoms with van der Waals surface area (Å²) in [6, 6.07) is 10.9. The summed E-state index contributed by atoms with van der Waals surface area (Å²) in [5.41, 5.74) is 1.85. The second-order valence-corrected chi connectivity index (χ2v) is 5.48. The number of rotatable bonds is 8. The van der Waals surface area contributed by atoms with E-state index in [2.05, 4.69) is 9.72 Å². The summed E-state index contributed by atoms with van der Waals surface area (Å²) in [4.78, 5) is 29.2. The molecule has 1 aromatic carbocycles. The molecule has 0 atom stereocenters. The minimum absolute atomic E-state index is 0.0672. The zero-order chi connectivity index (χ0) is 18.8. The van der Waals surface area contributed by atoms with Crippen LogP contribution in [0.2, 0.25) is 0 Å². The third-order valence-electron chi connectivity index (χ3n) is 3.67. The molecule has 0 fully saturated rings. The number of ether oxygens (including phenoxy) is 2. The highest BCUT2D eigenvalue weighted by atomic mass is 16.6. The predicted octanol–water partition coefficient (Wildman–Crippen LogP) is 2.70. The van der Waals surface area contributed by atoms with Gasteiger partial charge in [0.25, 0.3) is 0 Å². The van der Waals surface area contributed by atoms with Crippen LogP contribution in [-0.2, 0) is 20.9 Å². The number of amides is 1. The molecule has 2 rings (SSSR count). The first-order valence-electron chi connectivity index (χ1n) is 8.28. The van der Waals surface area contributed by atoms with Crippen molar-refractivity contribution in [2.75, 3.05) is 20.3 Å². The second-order valence-electron chi connectivity index (χ2n) is 5.48. The van der Waals surface area contributed by atoms with Crippen molar-refractivity contribution < 1.29 is 19.1 Å². The Hall–Kier alpha value is -3.15. The van der Waals surface area contributed by atoms with Gasteiger partial charge in [-0.1, -0.05) is 18.2 Å². The van der Waals surface area contributed by atoms with Gasteiger partial charge in [0.2, 0.25) is 5.91 Å². The standard InChI is InChI=1S/C20H22N2O4/c1-3-22(14-17-5-4-12-21-13-17)19(23)11-8-16-6-9-18(10-7-16)26-15-20(24)25-2/h4-13H,3,14-15H2,1-2H3. The van der Waals surface area contributed by atoms with E-state index in [1.807, 2.05) is 31.2 Å². The average molecular weight is 354 g/mol. The lowest BCUT2D eigenvalue weighted by atomic mass is 10.2. The Morgan fingerprint density at radius 2 is 1.96 bits per heavy atom. The van der Waals surface area contributed by atoms with Crippen molar-refractivity contribution in [2.24, 2.45) is 0 Å². The highest BCUT2D eigenvalue weighted by molar-refractivity contribution is 5.91. The molecule has 26 heavy (non-hydrogen) atoms. The van der Waals surface area contributed by atoms with Crippen LogP contribution in [-0.4, -0.2) is 42.0 Å². The lowest BCUT2D eigenvalue weighted by Gasteiger charge is -2.18. The molecule has 0 saturated heterocycles. The van der Waals surface area contributed by atoms with E-state index >= 15 is 0 Å². The van der Waals surface area contributed by atoms with Crippen LogP contribution in [0.25, 0.3) is 6.08 Å². The van der Waals surface area contributed by atoms with E-state index < -0.39 is 5.97 Å². The van der Waals surface area contributed by atoms with E-state index in [1.165, 1.54) is 7.11 Å². The monoisotopic (exact) mass is 354 g/mol. The number of methoxy groups -OCH3 is 1. The van der Waals surface area contributed by atoms with Gasteiger partial charge in [-0.2, -0.15) is 0 Å². The SMILES string of the molecule is CCN(Cc1cccnc1)C(=O)C=Cc1ccc(OCC(=O)OC)cc1. The third kappa shape index (κ3) is 6.05. The topological polar surface area (TPSA) is 68.7 Å². The van der Waals surface area contributed by atoms with Crippen molar-refractivity contribution in [2.45, 2.75) is 13.5 Å². The van der Waals surface area contributed by atoms with Crippen LogP contribution < -0.4 is 4.74 Å². The fourth-order valence-electron chi connectivity index (χ4n) is 2.21. The smallest absolute Gasteiger partial charge is 0.343 e. The summed E-state index contributed by atoms with van der Waals surface area (Å²) >= 11 is 0. The van der Waals surface area contributed by atoms with E-state index in [9.17, 15) is 9.59 Å². The summed E-state index contributed by atoms with van der Waals surface area (Å²) in [5, 5.41) is 0. The molecule has 0 aliphatic heterocycles. The Labute approximate surface area is 153 Å². The first-order chi connectivity index (χ1) is 12.6. The summed E-state index contributed by atoms with van der Waals surface area (Å²) in [6.45, 7) is 2.94. The molecular weight excluding hydrogens is 332 g/mol. The first kappa shape index (κ1) is 19.2. The van der Waals surface area contributed by atoms with Crippen molar-refractivity contribution >= 4 is 18.0 Å². The van der Waals surface area contributed by atoms with Gasteiger partial charge in [-0.25, -0.2) is 4.79 Å². The predicted molar refractivity (Wildman–Crippen MR) is 98.3 cm³/mol. The Morgan fingerprint density at radius 3 is 2.58 bits per heavy atom.